The SMILES string of the molecule is C[Si]C.Cc1ccc2[cH-]c(C(C)C)cc2c1-c1ccccc1C(C)C.Cc1ccc2[cH-]c(C(C)C)cc2c1-c1ccccc1C(C)C.[Cl][Zr+2][Cl]. The summed E-state index contributed by atoms with van der Waals surface area (Å²) >= 11 is -0.826. The van der Waals surface area contributed by atoms with Gasteiger partial charge in [-0.2, -0.15) is 12.1 Å². The van der Waals surface area contributed by atoms with Gasteiger partial charge in [0, 0.05) is 9.52 Å². The second kappa shape index (κ2) is 20.1. The Balaban J connectivity index is 0.000000234. The zero-order chi connectivity index (χ0) is 37.1. The van der Waals surface area contributed by atoms with Crippen molar-refractivity contribution < 1.29 is 20.8 Å². The summed E-state index contributed by atoms with van der Waals surface area (Å²) in [6.45, 7) is 26.9. The van der Waals surface area contributed by atoms with Gasteiger partial charge >= 0.3 is 37.9 Å². The van der Waals surface area contributed by atoms with Crippen LogP contribution in [-0.4, -0.2) is 9.52 Å². The molecule has 0 atom stereocenters. The van der Waals surface area contributed by atoms with Gasteiger partial charge in [0.2, 0.25) is 0 Å². The molecule has 6 aromatic rings. The maximum absolute atomic E-state index is 4.93. The quantitative estimate of drug-likeness (QED) is 0.116. The fraction of sp³-hybridized carbons (Fsp3) is 0.348. The summed E-state index contributed by atoms with van der Waals surface area (Å²) in [6.07, 6.45) is 0. The topological polar surface area (TPSA) is 0 Å². The van der Waals surface area contributed by atoms with E-state index < -0.39 is 20.8 Å². The molecule has 0 saturated heterocycles. The Labute approximate surface area is 325 Å². The van der Waals surface area contributed by atoms with Gasteiger partial charge in [0.1, 0.15) is 0 Å². The number of halogens is 2. The van der Waals surface area contributed by atoms with Crippen molar-refractivity contribution in [2.75, 3.05) is 0 Å². The molecule has 4 heteroatoms. The first kappa shape index (κ1) is 42.2. The van der Waals surface area contributed by atoms with Crippen molar-refractivity contribution in [3.05, 3.63) is 130 Å². The molecule has 0 spiro atoms. The Kier molecular flexibility index (Phi) is 17.0. The van der Waals surface area contributed by atoms with E-state index in [9.17, 15) is 0 Å². The molecule has 0 N–H and O–H groups in total. The standard InChI is InChI=1S/2C22H25.C2H6Si.2ClH.Zr/c2*1-14(2)18-12-17-11-10-16(5)22(21(17)13-18)20-9-7-6-8-19(20)15(3)4;1-3-2;;;/h2*6-15H,1-5H3;1-2H3;2*1H;/q2*-1;;;;+4/p-2. The number of rotatable bonds is 6. The normalized spacial score (nSPS) is 10.9. The van der Waals surface area contributed by atoms with Crippen molar-refractivity contribution in [3.8, 4) is 22.3 Å². The van der Waals surface area contributed by atoms with Crippen LogP contribution in [0.5, 0.6) is 0 Å². The van der Waals surface area contributed by atoms with E-state index in [1.54, 1.807) is 0 Å². The predicted molar refractivity (Wildman–Crippen MR) is 225 cm³/mol. The Morgan fingerprint density at radius 2 is 0.840 bits per heavy atom. The molecule has 262 valence electrons. The molecular weight excluding hydrogens is 743 g/mol. The summed E-state index contributed by atoms with van der Waals surface area (Å²) in [7, 11) is 11.0. The number of hydrogen-bond acceptors (Lipinski definition) is 0. The molecule has 0 unspecified atom stereocenters. The van der Waals surface area contributed by atoms with Crippen LogP contribution in [-0.2, 0) is 20.8 Å². The Morgan fingerprint density at radius 3 is 1.14 bits per heavy atom. The fourth-order valence-electron chi connectivity index (χ4n) is 6.67. The van der Waals surface area contributed by atoms with Crippen molar-refractivity contribution in [3.63, 3.8) is 0 Å². The summed E-state index contributed by atoms with van der Waals surface area (Å²) in [5, 5.41) is 5.53. The number of aryl methyl sites for hydroxylation is 2. The van der Waals surface area contributed by atoms with Crippen molar-refractivity contribution in [1.82, 2.24) is 0 Å². The van der Waals surface area contributed by atoms with Gasteiger partial charge in [-0.05, 0) is 59.8 Å². The average Bonchev–Trinajstić information content (AvgIpc) is 3.71. The molecule has 6 aromatic carbocycles. The van der Waals surface area contributed by atoms with Crippen LogP contribution in [0.15, 0.2) is 97.1 Å². The van der Waals surface area contributed by atoms with Crippen LogP contribution in [0.2, 0.25) is 13.1 Å². The van der Waals surface area contributed by atoms with Gasteiger partial charge in [-0.15, -0.1) is 69.1 Å². The third-order valence-corrected chi connectivity index (χ3v) is 9.28. The molecule has 6 rings (SSSR count). The molecule has 50 heavy (non-hydrogen) atoms. The Morgan fingerprint density at radius 1 is 0.520 bits per heavy atom. The Bertz CT molecular complexity index is 1800. The van der Waals surface area contributed by atoms with E-state index in [4.69, 9.17) is 17.0 Å². The summed E-state index contributed by atoms with van der Waals surface area (Å²) in [4.78, 5) is 0. The maximum atomic E-state index is 4.93. The summed E-state index contributed by atoms with van der Waals surface area (Å²) in [5.74, 6) is 2.21. The van der Waals surface area contributed by atoms with E-state index in [0.717, 1.165) is 9.52 Å². The van der Waals surface area contributed by atoms with Gasteiger partial charge in [0.25, 0.3) is 0 Å². The molecule has 0 saturated carbocycles. The first-order chi connectivity index (χ1) is 23.8. The van der Waals surface area contributed by atoms with E-state index in [-0.39, 0.29) is 0 Å². The van der Waals surface area contributed by atoms with Crippen molar-refractivity contribution in [2.45, 2.75) is 106 Å². The van der Waals surface area contributed by atoms with Crippen LogP contribution in [0.1, 0.15) is 112 Å². The monoisotopic (exact) mass is 796 g/mol. The zero-order valence-corrected chi connectivity index (χ0v) is 37.3. The molecule has 0 aliphatic heterocycles. The van der Waals surface area contributed by atoms with E-state index in [1.807, 2.05) is 0 Å². The van der Waals surface area contributed by atoms with E-state index in [1.165, 1.54) is 77.2 Å². The molecule has 0 amide bonds. The first-order valence-electron chi connectivity index (χ1n) is 17.9. The minimum absolute atomic E-state index is 0.533. The Hall–Kier alpha value is -2.22. The number of fused-ring (bicyclic) bond motifs is 2. The van der Waals surface area contributed by atoms with Crippen molar-refractivity contribution >= 4 is 48.1 Å². The average molecular weight is 799 g/mol. The van der Waals surface area contributed by atoms with Gasteiger partial charge < -0.3 is 0 Å². The molecule has 2 radical (unpaired) electrons. The molecule has 0 fully saturated rings. The third kappa shape index (κ3) is 10.4. The second-order valence-corrected chi connectivity index (χ2v) is 19.2. The van der Waals surface area contributed by atoms with Crippen LogP contribution < -0.4 is 0 Å². The van der Waals surface area contributed by atoms with Gasteiger partial charge in [-0.3, -0.25) is 0 Å². The summed E-state index contributed by atoms with van der Waals surface area (Å²) in [6, 6.07) is 36.2. The third-order valence-electron chi connectivity index (χ3n) is 9.28. The molecule has 0 heterocycles. The van der Waals surface area contributed by atoms with E-state index in [0.29, 0.717) is 23.7 Å². The van der Waals surface area contributed by atoms with Gasteiger partial charge in [0.05, 0.1) is 0 Å². The molecule has 0 nitrogen and oxygen atoms in total. The molecule has 0 aromatic heterocycles. The molecule has 0 aliphatic carbocycles. The number of hydrogen-bond donors (Lipinski definition) is 0. The van der Waals surface area contributed by atoms with E-state index >= 15 is 0 Å². The van der Waals surface area contributed by atoms with Gasteiger partial charge in [-0.1, -0.05) is 139 Å². The van der Waals surface area contributed by atoms with Crippen LogP contribution in [0.25, 0.3) is 43.8 Å². The van der Waals surface area contributed by atoms with Crippen LogP contribution >= 0.6 is 17.0 Å². The first-order valence-corrected chi connectivity index (χ1v) is 26.3. The van der Waals surface area contributed by atoms with Crippen LogP contribution in [0, 0.1) is 13.8 Å². The van der Waals surface area contributed by atoms with Gasteiger partial charge in [-0.25, -0.2) is 0 Å². The molecule has 0 aliphatic rings. The minimum atomic E-state index is -0.826. The number of benzene rings is 4. The molecule has 0 bridgehead atoms. The fourth-order valence-corrected chi connectivity index (χ4v) is 6.67. The summed E-state index contributed by atoms with van der Waals surface area (Å²) in [5.41, 5.74) is 14.1. The van der Waals surface area contributed by atoms with Crippen LogP contribution in [0.3, 0.4) is 0 Å². The van der Waals surface area contributed by atoms with Gasteiger partial charge in [0.15, 0.2) is 0 Å². The van der Waals surface area contributed by atoms with Crippen molar-refractivity contribution in [1.29, 1.82) is 0 Å². The van der Waals surface area contributed by atoms with Crippen LogP contribution in [0.4, 0.5) is 0 Å². The van der Waals surface area contributed by atoms with Crippen molar-refractivity contribution in [2.24, 2.45) is 0 Å². The molecular formula is C46H56Cl2SiZr. The summed E-state index contributed by atoms with van der Waals surface area (Å²) < 4.78 is 0. The predicted octanol–water partition coefficient (Wildman–Crippen LogP) is 15.7. The second-order valence-electron chi connectivity index (χ2n) is 14.5. The van der Waals surface area contributed by atoms with E-state index in [2.05, 4.69) is 179 Å². The zero-order valence-electron chi connectivity index (χ0n) is 32.3.